The number of nitrogens with zero attached hydrogens (tertiary/aromatic N) is 3. The number of primary amides is 1. The number of carbonyl (C=O) groups is 1. The Labute approximate surface area is 81.8 Å². The van der Waals surface area contributed by atoms with E-state index < -0.39 is 6.03 Å². The predicted molar refractivity (Wildman–Crippen MR) is 53.0 cm³/mol. The summed E-state index contributed by atoms with van der Waals surface area (Å²) in [5, 5.41) is 7.86. The van der Waals surface area contributed by atoms with Crippen molar-refractivity contribution >= 4 is 12.2 Å². The molecule has 0 spiro atoms. The van der Waals surface area contributed by atoms with Gasteiger partial charge in [-0.05, 0) is 13.8 Å². The van der Waals surface area contributed by atoms with Crippen LogP contribution in [0.25, 0.3) is 0 Å². The molecule has 6 heteroatoms. The number of hydrogen-bond donors (Lipinski definition) is 2. The minimum Gasteiger partial charge on any atom is -0.350 e. The minimum atomic E-state index is -0.680. The molecule has 0 aliphatic heterocycles. The third kappa shape index (κ3) is 2.09. The molecule has 2 amide bonds. The highest BCUT2D eigenvalue weighted by Crippen LogP contribution is 2.08. The third-order valence-electron chi connectivity index (χ3n) is 1.93. The largest absolute Gasteiger partial charge is 0.350 e. The molecule has 0 fully saturated rings. The molecule has 14 heavy (non-hydrogen) atoms. The average molecular weight is 195 g/mol. The van der Waals surface area contributed by atoms with E-state index >= 15 is 0 Å². The number of amides is 2. The van der Waals surface area contributed by atoms with Crippen molar-refractivity contribution in [1.29, 1.82) is 0 Å². The Morgan fingerprint density at radius 2 is 2.29 bits per heavy atom. The lowest BCUT2D eigenvalue weighted by Crippen LogP contribution is -2.24. The van der Waals surface area contributed by atoms with Crippen molar-refractivity contribution in [3.8, 4) is 0 Å². The molecule has 76 valence electrons. The first-order valence-corrected chi connectivity index (χ1v) is 4.11. The first-order valence-electron chi connectivity index (χ1n) is 4.11. The molecule has 0 aliphatic carbocycles. The summed E-state index contributed by atoms with van der Waals surface area (Å²) in [6.07, 6.45) is 1.53. The maximum Gasteiger partial charge on any atom is 0.332 e. The van der Waals surface area contributed by atoms with E-state index in [2.05, 4.69) is 15.6 Å². The number of hydrogen-bond acceptors (Lipinski definition) is 3. The fraction of sp³-hybridized carbons (Fsp3) is 0.375. The zero-order chi connectivity index (χ0) is 10.7. The van der Waals surface area contributed by atoms with Crippen LogP contribution in [0.2, 0.25) is 0 Å². The lowest BCUT2D eigenvalue weighted by Gasteiger charge is -1.94. The number of nitrogens with one attached hydrogen (secondary N) is 1. The standard InChI is InChI=1S/C8H13N5O/c1-5-7(4-10-11-8(9)14)6(2)13(3)12-5/h4H,1-3H3,(H3,9,11,14)/b10-4+. The summed E-state index contributed by atoms with van der Waals surface area (Å²) in [5.74, 6) is 0. The topological polar surface area (TPSA) is 85.3 Å². The molecule has 1 heterocycles. The van der Waals surface area contributed by atoms with Gasteiger partial charge in [-0.1, -0.05) is 0 Å². The van der Waals surface area contributed by atoms with Crippen LogP contribution in [0.4, 0.5) is 4.79 Å². The van der Waals surface area contributed by atoms with Gasteiger partial charge in [-0.2, -0.15) is 10.2 Å². The summed E-state index contributed by atoms with van der Waals surface area (Å²) in [4.78, 5) is 10.3. The molecular formula is C8H13N5O. The van der Waals surface area contributed by atoms with Crippen LogP contribution in [0.5, 0.6) is 0 Å². The smallest absolute Gasteiger partial charge is 0.332 e. The van der Waals surface area contributed by atoms with Gasteiger partial charge in [0.15, 0.2) is 0 Å². The van der Waals surface area contributed by atoms with E-state index in [9.17, 15) is 4.79 Å². The highest BCUT2D eigenvalue weighted by atomic mass is 16.2. The minimum absolute atomic E-state index is 0.680. The maximum absolute atomic E-state index is 10.3. The lowest BCUT2D eigenvalue weighted by atomic mass is 10.2. The molecule has 0 saturated heterocycles. The second-order valence-electron chi connectivity index (χ2n) is 2.94. The molecule has 0 aromatic carbocycles. The van der Waals surface area contributed by atoms with Gasteiger partial charge in [-0.3, -0.25) is 4.68 Å². The van der Waals surface area contributed by atoms with Crippen molar-refractivity contribution in [1.82, 2.24) is 15.2 Å². The van der Waals surface area contributed by atoms with Gasteiger partial charge in [0.1, 0.15) is 0 Å². The van der Waals surface area contributed by atoms with E-state index in [1.165, 1.54) is 6.21 Å². The highest BCUT2D eigenvalue weighted by Gasteiger charge is 2.05. The normalized spacial score (nSPS) is 10.8. The van der Waals surface area contributed by atoms with Crippen LogP contribution in [-0.4, -0.2) is 22.0 Å². The molecule has 0 radical (unpaired) electrons. The van der Waals surface area contributed by atoms with E-state index in [0.29, 0.717) is 0 Å². The monoisotopic (exact) mass is 195 g/mol. The number of rotatable bonds is 2. The Balaban J connectivity index is 2.86. The van der Waals surface area contributed by atoms with Crippen LogP contribution in [0.15, 0.2) is 5.10 Å². The lowest BCUT2D eigenvalue weighted by molar-refractivity contribution is 0.249. The molecule has 0 aliphatic rings. The van der Waals surface area contributed by atoms with Gasteiger partial charge in [0, 0.05) is 18.3 Å². The third-order valence-corrected chi connectivity index (χ3v) is 1.93. The SMILES string of the molecule is Cc1nn(C)c(C)c1/C=N/NC(N)=O. The van der Waals surface area contributed by atoms with Crippen molar-refractivity contribution < 1.29 is 4.79 Å². The molecule has 1 aromatic heterocycles. The summed E-state index contributed by atoms with van der Waals surface area (Å²) >= 11 is 0. The van der Waals surface area contributed by atoms with Gasteiger partial charge >= 0.3 is 6.03 Å². The van der Waals surface area contributed by atoms with Gasteiger partial charge in [0.05, 0.1) is 11.9 Å². The zero-order valence-corrected chi connectivity index (χ0v) is 8.40. The molecular weight excluding hydrogens is 182 g/mol. The van der Waals surface area contributed by atoms with E-state index in [4.69, 9.17) is 5.73 Å². The van der Waals surface area contributed by atoms with E-state index in [1.54, 1.807) is 4.68 Å². The summed E-state index contributed by atoms with van der Waals surface area (Å²) in [6.45, 7) is 3.80. The summed E-state index contributed by atoms with van der Waals surface area (Å²) in [5.41, 5.74) is 9.72. The summed E-state index contributed by atoms with van der Waals surface area (Å²) in [6, 6.07) is -0.680. The zero-order valence-electron chi connectivity index (χ0n) is 8.40. The molecule has 6 nitrogen and oxygen atoms in total. The molecule has 1 aromatic rings. The number of urea groups is 1. The van der Waals surface area contributed by atoms with Crippen molar-refractivity contribution in [3.63, 3.8) is 0 Å². The second-order valence-corrected chi connectivity index (χ2v) is 2.94. The fourth-order valence-electron chi connectivity index (χ4n) is 1.14. The van der Waals surface area contributed by atoms with E-state index in [0.717, 1.165) is 17.0 Å². The van der Waals surface area contributed by atoms with Gasteiger partial charge in [0.25, 0.3) is 0 Å². The number of carbonyl (C=O) groups excluding carboxylic acids is 1. The van der Waals surface area contributed by atoms with Gasteiger partial charge in [-0.15, -0.1) is 0 Å². The molecule has 0 atom stereocenters. The molecule has 0 saturated carbocycles. The van der Waals surface area contributed by atoms with Crippen LogP contribution < -0.4 is 11.2 Å². The van der Waals surface area contributed by atoms with Crippen LogP contribution in [0.1, 0.15) is 17.0 Å². The van der Waals surface area contributed by atoms with Gasteiger partial charge in [-0.25, -0.2) is 10.2 Å². The summed E-state index contributed by atoms with van der Waals surface area (Å²) in [7, 11) is 1.85. The van der Waals surface area contributed by atoms with Crippen LogP contribution in [-0.2, 0) is 7.05 Å². The first-order chi connectivity index (χ1) is 6.52. The molecule has 0 bridgehead atoms. The van der Waals surface area contributed by atoms with E-state index in [1.807, 2.05) is 20.9 Å². The Morgan fingerprint density at radius 3 is 2.71 bits per heavy atom. The molecule has 0 unspecified atom stereocenters. The van der Waals surface area contributed by atoms with E-state index in [-0.39, 0.29) is 0 Å². The first kappa shape index (κ1) is 10.2. The highest BCUT2D eigenvalue weighted by molar-refractivity contribution is 5.83. The molecule has 3 N–H and O–H groups in total. The number of aryl methyl sites for hydroxylation is 2. The Hall–Kier alpha value is -1.85. The van der Waals surface area contributed by atoms with Crippen LogP contribution in [0, 0.1) is 13.8 Å². The van der Waals surface area contributed by atoms with Crippen LogP contribution in [0.3, 0.4) is 0 Å². The maximum atomic E-state index is 10.3. The Kier molecular flexibility index (Phi) is 2.85. The van der Waals surface area contributed by atoms with Crippen molar-refractivity contribution in [2.75, 3.05) is 0 Å². The van der Waals surface area contributed by atoms with Crippen molar-refractivity contribution in [2.24, 2.45) is 17.9 Å². The Bertz CT molecular complexity index is 379. The van der Waals surface area contributed by atoms with Crippen molar-refractivity contribution in [2.45, 2.75) is 13.8 Å². The van der Waals surface area contributed by atoms with Gasteiger partial charge < -0.3 is 5.73 Å². The fourth-order valence-corrected chi connectivity index (χ4v) is 1.14. The number of hydrazone groups is 1. The quantitative estimate of drug-likeness (QED) is 0.515. The number of aromatic nitrogens is 2. The Morgan fingerprint density at radius 1 is 1.64 bits per heavy atom. The second kappa shape index (κ2) is 3.91. The van der Waals surface area contributed by atoms with Crippen LogP contribution >= 0.6 is 0 Å². The van der Waals surface area contributed by atoms with Crippen molar-refractivity contribution in [3.05, 3.63) is 17.0 Å². The van der Waals surface area contributed by atoms with Gasteiger partial charge in [0.2, 0.25) is 0 Å². The summed E-state index contributed by atoms with van der Waals surface area (Å²) < 4.78 is 1.75. The predicted octanol–water partition coefficient (Wildman–Crippen LogP) is 0.0391. The number of nitrogens with two attached hydrogens (primary N) is 1. The average Bonchev–Trinajstić information content (AvgIpc) is 2.31. The molecule has 1 rings (SSSR count).